The van der Waals surface area contributed by atoms with Gasteiger partial charge in [-0.3, -0.25) is 4.79 Å². The van der Waals surface area contributed by atoms with Gasteiger partial charge in [-0.25, -0.2) is 0 Å². The normalized spacial score (nSPS) is 16.6. The molecule has 0 saturated heterocycles. The van der Waals surface area contributed by atoms with Gasteiger partial charge in [-0.1, -0.05) is 11.6 Å². The molecule has 1 aromatic carbocycles. The molecule has 0 aliphatic heterocycles. The van der Waals surface area contributed by atoms with Gasteiger partial charge >= 0.3 is 0 Å². The van der Waals surface area contributed by atoms with E-state index in [2.05, 4.69) is 5.32 Å². The number of aromatic hydroxyl groups is 1. The quantitative estimate of drug-likeness (QED) is 0.765. The third-order valence-corrected chi connectivity index (χ3v) is 3.08. The number of phenols is 1. The number of aliphatic hydroxyl groups is 1. The minimum atomic E-state index is -0.500. The van der Waals surface area contributed by atoms with Crippen LogP contribution in [0, 0.1) is 5.92 Å². The van der Waals surface area contributed by atoms with Gasteiger partial charge in [0.2, 0.25) is 0 Å². The van der Waals surface area contributed by atoms with Crippen LogP contribution in [0.15, 0.2) is 18.2 Å². The lowest BCUT2D eigenvalue weighted by Gasteiger charge is -2.11. The third kappa shape index (κ3) is 3.11. The highest BCUT2D eigenvalue weighted by Gasteiger charge is 2.29. The maximum atomic E-state index is 11.7. The molecule has 1 aliphatic carbocycles. The summed E-state index contributed by atoms with van der Waals surface area (Å²) in [6, 6.07) is 4.27. The van der Waals surface area contributed by atoms with Crippen molar-refractivity contribution in [3.63, 3.8) is 0 Å². The van der Waals surface area contributed by atoms with Crippen LogP contribution in [0.2, 0.25) is 5.02 Å². The van der Waals surface area contributed by atoms with Gasteiger partial charge in [0.25, 0.3) is 5.91 Å². The second kappa shape index (κ2) is 4.94. The van der Waals surface area contributed by atoms with E-state index in [1.807, 2.05) is 0 Å². The number of carbonyl (C=O) groups excluding carboxylic acids is 1. The van der Waals surface area contributed by atoms with Crippen LogP contribution in [-0.2, 0) is 0 Å². The summed E-state index contributed by atoms with van der Waals surface area (Å²) in [6.45, 7) is 0.204. The van der Waals surface area contributed by atoms with Crippen molar-refractivity contribution in [3.8, 4) is 5.75 Å². The van der Waals surface area contributed by atoms with Crippen LogP contribution in [0.25, 0.3) is 0 Å². The first-order valence-corrected chi connectivity index (χ1v) is 5.90. The maximum Gasteiger partial charge on any atom is 0.255 e. The predicted octanol–water partition coefficient (Wildman–Crippen LogP) is 1.55. The van der Waals surface area contributed by atoms with Gasteiger partial charge in [0.15, 0.2) is 0 Å². The molecule has 1 saturated carbocycles. The average molecular weight is 256 g/mol. The van der Waals surface area contributed by atoms with E-state index in [1.54, 1.807) is 0 Å². The topological polar surface area (TPSA) is 69.6 Å². The van der Waals surface area contributed by atoms with Crippen LogP contribution >= 0.6 is 11.6 Å². The van der Waals surface area contributed by atoms with Gasteiger partial charge in [0.05, 0.1) is 11.7 Å². The Morgan fingerprint density at radius 2 is 2.24 bits per heavy atom. The summed E-state index contributed by atoms with van der Waals surface area (Å²) >= 11 is 5.74. The summed E-state index contributed by atoms with van der Waals surface area (Å²) in [7, 11) is 0. The molecule has 2 rings (SSSR count). The zero-order valence-corrected chi connectivity index (χ0v) is 9.94. The van der Waals surface area contributed by atoms with E-state index < -0.39 is 12.0 Å². The van der Waals surface area contributed by atoms with Gasteiger partial charge in [0, 0.05) is 11.6 Å². The molecule has 0 heterocycles. The Hall–Kier alpha value is -1.26. The molecular formula is C12H14ClNO3. The first-order valence-electron chi connectivity index (χ1n) is 5.52. The van der Waals surface area contributed by atoms with Crippen molar-refractivity contribution in [1.82, 2.24) is 5.32 Å². The van der Waals surface area contributed by atoms with Crippen molar-refractivity contribution in [1.29, 1.82) is 0 Å². The fraction of sp³-hybridized carbons (Fsp3) is 0.417. The number of rotatable bonds is 4. The van der Waals surface area contributed by atoms with E-state index >= 15 is 0 Å². The van der Waals surface area contributed by atoms with Crippen molar-refractivity contribution in [2.75, 3.05) is 6.54 Å². The van der Waals surface area contributed by atoms with E-state index in [-0.39, 0.29) is 17.9 Å². The van der Waals surface area contributed by atoms with Crippen molar-refractivity contribution in [2.45, 2.75) is 18.9 Å². The lowest BCUT2D eigenvalue weighted by molar-refractivity contribution is 0.0898. The van der Waals surface area contributed by atoms with Crippen molar-refractivity contribution in [2.24, 2.45) is 5.92 Å². The minimum Gasteiger partial charge on any atom is -0.507 e. The van der Waals surface area contributed by atoms with Gasteiger partial charge in [-0.2, -0.15) is 0 Å². The summed E-state index contributed by atoms with van der Waals surface area (Å²) in [6.07, 6.45) is 1.53. The van der Waals surface area contributed by atoms with Gasteiger partial charge < -0.3 is 15.5 Å². The lowest BCUT2D eigenvalue weighted by Crippen LogP contribution is -2.33. The second-order valence-electron chi connectivity index (χ2n) is 4.28. The monoisotopic (exact) mass is 255 g/mol. The number of carbonyl (C=O) groups is 1. The van der Waals surface area contributed by atoms with E-state index in [4.69, 9.17) is 11.6 Å². The number of hydrogen-bond donors (Lipinski definition) is 3. The smallest absolute Gasteiger partial charge is 0.255 e. The Bertz CT molecular complexity index is 432. The highest BCUT2D eigenvalue weighted by Crippen LogP contribution is 2.32. The third-order valence-electron chi connectivity index (χ3n) is 2.84. The van der Waals surface area contributed by atoms with Gasteiger partial charge in [0.1, 0.15) is 5.75 Å². The zero-order chi connectivity index (χ0) is 12.4. The molecule has 0 bridgehead atoms. The van der Waals surface area contributed by atoms with Gasteiger partial charge in [-0.05, 0) is 37.0 Å². The molecule has 1 aliphatic rings. The average Bonchev–Trinajstić information content (AvgIpc) is 3.12. The fourth-order valence-electron chi connectivity index (χ4n) is 1.63. The molecule has 3 N–H and O–H groups in total. The summed E-state index contributed by atoms with van der Waals surface area (Å²) < 4.78 is 0. The minimum absolute atomic E-state index is 0.118. The molecule has 0 radical (unpaired) electrons. The van der Waals surface area contributed by atoms with E-state index in [0.717, 1.165) is 12.8 Å². The van der Waals surface area contributed by atoms with Gasteiger partial charge in [-0.15, -0.1) is 0 Å². The van der Waals surface area contributed by atoms with Crippen LogP contribution in [0.1, 0.15) is 23.2 Å². The van der Waals surface area contributed by atoms with Crippen LogP contribution < -0.4 is 5.32 Å². The predicted molar refractivity (Wildman–Crippen MR) is 64.2 cm³/mol. The van der Waals surface area contributed by atoms with E-state index in [0.29, 0.717) is 10.9 Å². The Kier molecular flexibility index (Phi) is 3.54. The number of hydrogen-bond acceptors (Lipinski definition) is 3. The summed E-state index contributed by atoms with van der Waals surface area (Å²) in [5.74, 6) is -0.235. The number of benzene rings is 1. The van der Waals surface area contributed by atoms with E-state index in [1.165, 1.54) is 18.2 Å². The fourth-order valence-corrected chi connectivity index (χ4v) is 1.80. The molecule has 4 nitrogen and oxygen atoms in total. The SMILES string of the molecule is O=C(NCC(O)C1CC1)c1cc(Cl)ccc1O. The molecule has 1 aromatic rings. The van der Waals surface area contributed by atoms with Crippen molar-refractivity contribution in [3.05, 3.63) is 28.8 Å². The zero-order valence-electron chi connectivity index (χ0n) is 9.19. The van der Waals surface area contributed by atoms with Crippen molar-refractivity contribution >= 4 is 17.5 Å². The number of aliphatic hydroxyl groups excluding tert-OH is 1. The summed E-state index contributed by atoms with van der Waals surface area (Å²) in [4.78, 5) is 11.7. The molecule has 92 valence electrons. The molecule has 1 fully saturated rings. The molecule has 0 aromatic heterocycles. The van der Waals surface area contributed by atoms with Crippen LogP contribution in [-0.4, -0.2) is 28.8 Å². The molecule has 5 heteroatoms. The Balaban J connectivity index is 1.96. The lowest BCUT2D eigenvalue weighted by atomic mass is 10.1. The number of amides is 1. The van der Waals surface area contributed by atoms with Crippen LogP contribution in [0.5, 0.6) is 5.75 Å². The van der Waals surface area contributed by atoms with Crippen LogP contribution in [0.4, 0.5) is 0 Å². The first-order chi connectivity index (χ1) is 8.08. The molecule has 1 unspecified atom stereocenters. The molecule has 0 spiro atoms. The van der Waals surface area contributed by atoms with Crippen LogP contribution in [0.3, 0.4) is 0 Å². The second-order valence-corrected chi connectivity index (χ2v) is 4.71. The molecule has 1 atom stereocenters. The summed E-state index contributed by atoms with van der Waals surface area (Å²) in [5.41, 5.74) is 0.125. The molecule has 17 heavy (non-hydrogen) atoms. The number of halogens is 1. The highest BCUT2D eigenvalue weighted by atomic mass is 35.5. The highest BCUT2D eigenvalue weighted by molar-refractivity contribution is 6.31. The number of nitrogens with one attached hydrogen (secondary N) is 1. The molecular weight excluding hydrogens is 242 g/mol. The van der Waals surface area contributed by atoms with E-state index in [9.17, 15) is 15.0 Å². The Labute approximate surface area is 104 Å². The number of phenolic OH excluding ortho intramolecular Hbond substituents is 1. The Morgan fingerprint density at radius 1 is 1.53 bits per heavy atom. The summed E-state index contributed by atoms with van der Waals surface area (Å²) in [5, 5.41) is 22.1. The van der Waals surface area contributed by atoms with Crippen molar-refractivity contribution < 1.29 is 15.0 Å². The largest absolute Gasteiger partial charge is 0.507 e. The molecule has 1 amide bonds. The Morgan fingerprint density at radius 3 is 2.88 bits per heavy atom. The standard InChI is InChI=1S/C12H14ClNO3/c13-8-3-4-10(15)9(5-8)12(17)14-6-11(16)7-1-2-7/h3-5,7,11,15-16H,1-2,6H2,(H,14,17). The first kappa shape index (κ1) is 12.2. The maximum absolute atomic E-state index is 11.7.